The number of sulfonamides is 1. The number of benzene rings is 1. The van der Waals surface area contributed by atoms with E-state index < -0.39 is 43.9 Å². The fraction of sp³-hybridized carbons (Fsp3) is 0.556. The molecular formula is C18H26N2O7S2. The molecule has 11 heteroatoms. The molecule has 1 fully saturated rings. The molecular weight excluding hydrogens is 420 g/mol. The zero-order valence-electron chi connectivity index (χ0n) is 16.6. The lowest BCUT2D eigenvalue weighted by atomic mass is 10.2. The van der Waals surface area contributed by atoms with Gasteiger partial charge in [0.25, 0.3) is 5.91 Å². The Kier molecular flexibility index (Phi) is 7.41. The van der Waals surface area contributed by atoms with Gasteiger partial charge >= 0.3 is 5.97 Å². The lowest BCUT2D eigenvalue weighted by Crippen LogP contribution is -2.44. The van der Waals surface area contributed by atoms with E-state index in [-0.39, 0.29) is 29.4 Å². The standard InChI is InChI=1S/C18H26N2O7S2/c1-13-4-6-16(7-5-13)29(25,26)19-10-8-17(21)27-14(2)18(22)20(3)15-9-11-28(23,24)12-15/h4-7,14-15,19H,8-12H2,1-3H3/t14-,15+/m0/s1. The van der Waals surface area contributed by atoms with E-state index in [2.05, 4.69) is 4.72 Å². The number of amides is 1. The Labute approximate surface area is 171 Å². The SMILES string of the molecule is Cc1ccc(S(=O)(=O)NCCC(=O)O[C@@H](C)C(=O)N(C)[C@@H]2CCS(=O)(=O)C2)cc1. The van der Waals surface area contributed by atoms with Crippen molar-refractivity contribution in [2.45, 2.75) is 43.7 Å². The second kappa shape index (κ2) is 9.23. The van der Waals surface area contributed by atoms with Gasteiger partial charge in [-0.15, -0.1) is 0 Å². The molecule has 1 saturated heterocycles. The lowest BCUT2D eigenvalue weighted by molar-refractivity contribution is -0.159. The van der Waals surface area contributed by atoms with Crippen LogP contribution in [0.15, 0.2) is 29.2 Å². The highest BCUT2D eigenvalue weighted by molar-refractivity contribution is 7.91. The zero-order valence-corrected chi connectivity index (χ0v) is 18.3. The van der Waals surface area contributed by atoms with Crippen molar-refractivity contribution in [3.63, 3.8) is 0 Å². The number of rotatable bonds is 8. The predicted octanol–water partition coefficient (Wildman–Crippen LogP) is 0.241. The number of aryl methyl sites for hydroxylation is 1. The minimum atomic E-state index is -3.74. The number of hydrogen-bond donors (Lipinski definition) is 1. The molecule has 0 unspecified atom stereocenters. The second-order valence-corrected chi connectivity index (χ2v) is 11.1. The first-order valence-electron chi connectivity index (χ1n) is 9.14. The van der Waals surface area contributed by atoms with E-state index in [0.29, 0.717) is 6.42 Å². The number of sulfone groups is 1. The summed E-state index contributed by atoms with van der Waals surface area (Å²) in [6.45, 7) is 3.06. The highest BCUT2D eigenvalue weighted by atomic mass is 32.2. The summed E-state index contributed by atoms with van der Waals surface area (Å²) in [7, 11) is -5.40. The average molecular weight is 447 g/mol. The van der Waals surface area contributed by atoms with Crippen molar-refractivity contribution in [3.05, 3.63) is 29.8 Å². The average Bonchev–Trinajstić information content (AvgIpc) is 3.00. The van der Waals surface area contributed by atoms with Crippen LogP contribution in [0.25, 0.3) is 0 Å². The highest BCUT2D eigenvalue weighted by Crippen LogP contribution is 2.18. The van der Waals surface area contributed by atoms with Gasteiger partial charge in [-0.05, 0) is 32.4 Å². The van der Waals surface area contributed by atoms with Gasteiger partial charge in [0, 0.05) is 19.6 Å². The van der Waals surface area contributed by atoms with Gasteiger partial charge in [0.1, 0.15) is 0 Å². The van der Waals surface area contributed by atoms with Crippen LogP contribution in [0.3, 0.4) is 0 Å². The summed E-state index contributed by atoms with van der Waals surface area (Å²) < 4.78 is 54.8. The number of carbonyl (C=O) groups excluding carboxylic acids is 2. The Morgan fingerprint density at radius 3 is 2.45 bits per heavy atom. The van der Waals surface area contributed by atoms with Crippen LogP contribution in [-0.4, -0.2) is 70.9 Å². The second-order valence-electron chi connectivity index (χ2n) is 7.10. The summed E-state index contributed by atoms with van der Waals surface area (Å²) >= 11 is 0. The molecule has 1 N–H and O–H groups in total. The minimum Gasteiger partial charge on any atom is -0.452 e. The van der Waals surface area contributed by atoms with Crippen molar-refractivity contribution in [2.24, 2.45) is 0 Å². The molecule has 1 heterocycles. The fourth-order valence-electron chi connectivity index (χ4n) is 2.94. The molecule has 0 bridgehead atoms. The van der Waals surface area contributed by atoms with Gasteiger partial charge in [0.15, 0.2) is 15.9 Å². The summed E-state index contributed by atoms with van der Waals surface area (Å²) in [5, 5.41) is 0. The molecule has 1 amide bonds. The number of esters is 1. The van der Waals surface area contributed by atoms with Gasteiger partial charge in [-0.2, -0.15) is 0 Å². The molecule has 1 aromatic rings. The van der Waals surface area contributed by atoms with E-state index in [1.807, 2.05) is 6.92 Å². The van der Waals surface area contributed by atoms with Gasteiger partial charge in [-0.1, -0.05) is 17.7 Å². The predicted molar refractivity (Wildman–Crippen MR) is 106 cm³/mol. The van der Waals surface area contributed by atoms with E-state index in [1.54, 1.807) is 12.1 Å². The van der Waals surface area contributed by atoms with Gasteiger partial charge in [-0.25, -0.2) is 21.6 Å². The van der Waals surface area contributed by atoms with Gasteiger partial charge < -0.3 is 9.64 Å². The first-order chi connectivity index (χ1) is 13.4. The zero-order chi connectivity index (χ0) is 21.8. The molecule has 2 atom stereocenters. The number of nitrogens with zero attached hydrogens (tertiary/aromatic N) is 1. The Hall–Kier alpha value is -1.98. The number of ether oxygens (including phenoxy) is 1. The number of nitrogens with one attached hydrogen (secondary N) is 1. The molecule has 0 aliphatic carbocycles. The quantitative estimate of drug-likeness (QED) is 0.567. The van der Waals surface area contributed by atoms with Crippen LogP contribution >= 0.6 is 0 Å². The van der Waals surface area contributed by atoms with E-state index in [0.717, 1.165) is 5.56 Å². The first kappa shape index (κ1) is 23.3. The largest absolute Gasteiger partial charge is 0.452 e. The maximum atomic E-state index is 12.4. The monoisotopic (exact) mass is 446 g/mol. The van der Waals surface area contributed by atoms with Gasteiger partial charge in [-0.3, -0.25) is 9.59 Å². The molecule has 0 aromatic heterocycles. The summed E-state index contributed by atoms with van der Waals surface area (Å²) in [4.78, 5) is 25.7. The summed E-state index contributed by atoms with van der Waals surface area (Å²) in [5.41, 5.74) is 0.923. The summed E-state index contributed by atoms with van der Waals surface area (Å²) in [6, 6.07) is 5.84. The molecule has 1 aliphatic rings. The third-order valence-corrected chi connectivity index (χ3v) is 7.94. The molecule has 0 saturated carbocycles. The molecule has 162 valence electrons. The Balaban J connectivity index is 1.81. The van der Waals surface area contributed by atoms with Crippen molar-refractivity contribution in [1.29, 1.82) is 0 Å². The maximum absolute atomic E-state index is 12.4. The van der Waals surface area contributed by atoms with E-state index in [1.165, 1.54) is 31.0 Å². The van der Waals surface area contributed by atoms with Crippen LogP contribution in [0.1, 0.15) is 25.3 Å². The Morgan fingerprint density at radius 2 is 1.90 bits per heavy atom. The first-order valence-corrected chi connectivity index (χ1v) is 12.4. The number of hydrogen-bond acceptors (Lipinski definition) is 7. The van der Waals surface area contributed by atoms with Crippen molar-refractivity contribution >= 4 is 31.7 Å². The third kappa shape index (κ3) is 6.51. The lowest BCUT2D eigenvalue weighted by Gasteiger charge is -2.26. The van der Waals surface area contributed by atoms with E-state index in [9.17, 15) is 26.4 Å². The van der Waals surface area contributed by atoms with Gasteiger partial charge in [0.2, 0.25) is 10.0 Å². The van der Waals surface area contributed by atoms with Crippen molar-refractivity contribution in [1.82, 2.24) is 9.62 Å². The number of carbonyl (C=O) groups is 2. The van der Waals surface area contributed by atoms with Crippen molar-refractivity contribution in [3.8, 4) is 0 Å². The molecule has 0 radical (unpaired) electrons. The highest BCUT2D eigenvalue weighted by Gasteiger charge is 2.34. The smallest absolute Gasteiger partial charge is 0.307 e. The third-order valence-electron chi connectivity index (χ3n) is 4.71. The fourth-order valence-corrected chi connectivity index (χ4v) is 5.75. The summed E-state index contributed by atoms with van der Waals surface area (Å²) in [6.07, 6.45) is -0.986. The van der Waals surface area contributed by atoms with Crippen molar-refractivity contribution in [2.75, 3.05) is 25.1 Å². The molecule has 1 aliphatic heterocycles. The molecule has 29 heavy (non-hydrogen) atoms. The molecule has 2 rings (SSSR count). The topological polar surface area (TPSA) is 127 Å². The van der Waals surface area contributed by atoms with Crippen LogP contribution in [-0.2, 0) is 34.2 Å². The molecule has 0 spiro atoms. The van der Waals surface area contributed by atoms with Crippen LogP contribution in [0.2, 0.25) is 0 Å². The van der Waals surface area contributed by atoms with E-state index in [4.69, 9.17) is 4.74 Å². The molecule has 9 nitrogen and oxygen atoms in total. The Morgan fingerprint density at radius 1 is 1.28 bits per heavy atom. The number of likely N-dealkylation sites (N-methyl/N-ethyl adjacent to an activating group) is 1. The summed E-state index contributed by atoms with van der Waals surface area (Å²) in [5.74, 6) is -1.30. The van der Waals surface area contributed by atoms with Crippen molar-refractivity contribution < 1.29 is 31.2 Å². The van der Waals surface area contributed by atoms with Crippen LogP contribution in [0.5, 0.6) is 0 Å². The van der Waals surface area contributed by atoms with Crippen LogP contribution in [0.4, 0.5) is 0 Å². The maximum Gasteiger partial charge on any atom is 0.307 e. The van der Waals surface area contributed by atoms with E-state index >= 15 is 0 Å². The normalized spacial score (nSPS) is 19.5. The van der Waals surface area contributed by atoms with Gasteiger partial charge in [0.05, 0.1) is 22.8 Å². The van der Waals surface area contributed by atoms with Crippen LogP contribution < -0.4 is 4.72 Å². The molecule has 1 aromatic carbocycles. The van der Waals surface area contributed by atoms with Crippen LogP contribution in [0, 0.1) is 6.92 Å². The Bertz CT molecular complexity index is 956. The minimum absolute atomic E-state index is 0.0323.